The van der Waals surface area contributed by atoms with Gasteiger partial charge in [-0.15, -0.1) is 10.2 Å². The number of amides is 1. The number of likely N-dealkylation sites (tertiary alicyclic amines) is 1. The van der Waals surface area contributed by atoms with E-state index in [1.807, 2.05) is 56.0 Å². The van der Waals surface area contributed by atoms with Crippen molar-refractivity contribution in [3.05, 3.63) is 30.3 Å². The third kappa shape index (κ3) is 5.66. The molecule has 0 saturated carbocycles. The molecule has 38 heavy (non-hydrogen) atoms. The second-order valence-corrected chi connectivity index (χ2v) is 11.5. The number of carbonyl (C=O) groups is 1. The molecule has 0 spiro atoms. The summed E-state index contributed by atoms with van der Waals surface area (Å²) in [5.74, 6) is 1.14. The number of nitrogens with two attached hydrogens (primary N) is 1. The van der Waals surface area contributed by atoms with Gasteiger partial charge in [0.25, 0.3) is 0 Å². The van der Waals surface area contributed by atoms with E-state index in [-0.39, 0.29) is 12.9 Å². The lowest BCUT2D eigenvalue weighted by molar-refractivity contribution is 0.00868. The van der Waals surface area contributed by atoms with E-state index in [0.29, 0.717) is 29.7 Å². The predicted molar refractivity (Wildman–Crippen MR) is 146 cm³/mol. The number of fused-ring (bicyclic) bond motifs is 2. The van der Waals surface area contributed by atoms with Crippen LogP contribution in [0.3, 0.4) is 0 Å². The average Bonchev–Trinajstić information content (AvgIpc) is 3.16. The van der Waals surface area contributed by atoms with E-state index in [0.717, 1.165) is 56.0 Å². The number of aromatic nitrogens is 2. The zero-order valence-electron chi connectivity index (χ0n) is 22.9. The summed E-state index contributed by atoms with van der Waals surface area (Å²) < 4.78 is 16.4. The average molecular weight is 525 g/mol. The van der Waals surface area contributed by atoms with Gasteiger partial charge >= 0.3 is 6.09 Å². The SMILES string of the molecule is COCOc1ccccc1-c1cc(N2CC3CCC(C2)N3C2CCN(C(=O)OC(C)(C)C)CC2)c(N)nn1. The van der Waals surface area contributed by atoms with Crippen molar-refractivity contribution in [1.82, 2.24) is 20.0 Å². The summed E-state index contributed by atoms with van der Waals surface area (Å²) in [6, 6.07) is 11.2. The number of ether oxygens (including phenoxy) is 3. The van der Waals surface area contributed by atoms with Crippen molar-refractivity contribution < 1.29 is 19.0 Å². The van der Waals surface area contributed by atoms with Crippen LogP contribution < -0.4 is 15.4 Å². The van der Waals surface area contributed by atoms with Crippen LogP contribution >= 0.6 is 0 Å². The van der Waals surface area contributed by atoms with Crippen molar-refractivity contribution in [2.45, 2.75) is 70.2 Å². The van der Waals surface area contributed by atoms with E-state index in [4.69, 9.17) is 19.9 Å². The first-order chi connectivity index (χ1) is 18.2. The van der Waals surface area contributed by atoms with Gasteiger partial charge in [0.2, 0.25) is 0 Å². The number of nitrogens with zero attached hydrogens (tertiary/aromatic N) is 5. The van der Waals surface area contributed by atoms with Crippen LogP contribution in [-0.2, 0) is 9.47 Å². The molecule has 1 amide bonds. The summed E-state index contributed by atoms with van der Waals surface area (Å²) >= 11 is 0. The van der Waals surface area contributed by atoms with Gasteiger partial charge in [-0.05, 0) is 64.7 Å². The van der Waals surface area contributed by atoms with Crippen molar-refractivity contribution in [3.8, 4) is 17.0 Å². The Morgan fingerprint density at radius 3 is 2.37 bits per heavy atom. The molecule has 2 bridgehead atoms. The van der Waals surface area contributed by atoms with Gasteiger partial charge in [-0.2, -0.15) is 0 Å². The molecule has 2 N–H and O–H groups in total. The topological polar surface area (TPSA) is 106 Å². The maximum absolute atomic E-state index is 12.5. The molecule has 1 aromatic carbocycles. The van der Waals surface area contributed by atoms with Crippen molar-refractivity contribution in [2.75, 3.05) is 50.7 Å². The fourth-order valence-corrected chi connectivity index (χ4v) is 6.10. The molecular weight excluding hydrogens is 484 g/mol. The minimum absolute atomic E-state index is 0.161. The highest BCUT2D eigenvalue weighted by Crippen LogP contribution is 2.39. The number of piperazine rings is 1. The van der Waals surface area contributed by atoms with Gasteiger partial charge in [0, 0.05) is 57.0 Å². The van der Waals surface area contributed by atoms with E-state index in [1.165, 1.54) is 12.8 Å². The molecule has 3 saturated heterocycles. The summed E-state index contributed by atoms with van der Waals surface area (Å²) in [6.45, 7) is 9.20. The molecule has 0 aliphatic carbocycles. The summed E-state index contributed by atoms with van der Waals surface area (Å²) in [5.41, 5.74) is 8.41. The van der Waals surface area contributed by atoms with E-state index >= 15 is 0 Å². The molecule has 4 heterocycles. The van der Waals surface area contributed by atoms with Crippen LogP contribution in [0.4, 0.5) is 16.3 Å². The number of benzene rings is 1. The zero-order chi connectivity index (χ0) is 26.9. The molecule has 3 fully saturated rings. The standard InChI is InChI=1S/C28H40N6O4/c1-28(2,3)38-27(35)32-13-11-19(12-14-32)34-20-9-10-21(34)17-33(16-20)24-15-23(30-31-26(24)29)22-7-5-6-8-25(22)37-18-36-4/h5-8,15,19-21H,9-14,16-18H2,1-4H3,(H2,29,31). The van der Waals surface area contributed by atoms with Crippen LogP contribution in [0, 0.1) is 0 Å². The maximum atomic E-state index is 12.5. The molecule has 0 radical (unpaired) electrons. The highest BCUT2D eigenvalue weighted by atomic mass is 16.7. The molecule has 2 aromatic rings. The first kappa shape index (κ1) is 26.5. The first-order valence-electron chi connectivity index (χ1n) is 13.6. The van der Waals surface area contributed by atoms with Crippen LogP contribution in [0.1, 0.15) is 46.5 Å². The summed E-state index contributed by atoms with van der Waals surface area (Å²) in [5, 5.41) is 8.70. The lowest BCUT2D eigenvalue weighted by Gasteiger charge is -2.48. The summed E-state index contributed by atoms with van der Waals surface area (Å²) in [6.07, 6.45) is 4.11. The summed E-state index contributed by atoms with van der Waals surface area (Å²) in [4.78, 5) is 19.5. The third-order valence-corrected chi connectivity index (χ3v) is 7.71. The predicted octanol–water partition coefficient (Wildman–Crippen LogP) is 3.76. The minimum atomic E-state index is -0.466. The van der Waals surface area contributed by atoms with Crippen molar-refractivity contribution >= 4 is 17.6 Å². The number of nitrogen functional groups attached to an aromatic ring is 1. The Hall–Kier alpha value is -3.11. The molecule has 206 valence electrons. The molecule has 2 unspecified atom stereocenters. The number of anilines is 2. The molecule has 2 atom stereocenters. The molecule has 1 aromatic heterocycles. The van der Waals surface area contributed by atoms with Gasteiger partial charge in [-0.25, -0.2) is 4.79 Å². The van der Waals surface area contributed by atoms with Crippen LogP contribution in [0.15, 0.2) is 30.3 Å². The quantitative estimate of drug-likeness (QED) is 0.565. The number of para-hydroxylation sites is 1. The Labute approximate surface area is 225 Å². The second kappa shape index (κ2) is 10.9. The number of piperidine rings is 1. The smallest absolute Gasteiger partial charge is 0.410 e. The van der Waals surface area contributed by atoms with Crippen LogP contribution in [0.2, 0.25) is 0 Å². The Morgan fingerprint density at radius 2 is 1.71 bits per heavy atom. The van der Waals surface area contributed by atoms with Crippen molar-refractivity contribution in [2.24, 2.45) is 0 Å². The molecule has 3 aliphatic heterocycles. The van der Waals surface area contributed by atoms with Gasteiger partial charge in [0.05, 0.1) is 11.4 Å². The Morgan fingerprint density at radius 1 is 1.03 bits per heavy atom. The van der Waals surface area contributed by atoms with Crippen molar-refractivity contribution in [1.29, 1.82) is 0 Å². The third-order valence-electron chi connectivity index (χ3n) is 7.71. The second-order valence-electron chi connectivity index (χ2n) is 11.5. The van der Waals surface area contributed by atoms with Crippen LogP contribution in [0.5, 0.6) is 5.75 Å². The number of rotatable bonds is 6. The Balaban J connectivity index is 1.27. The van der Waals surface area contributed by atoms with Crippen molar-refractivity contribution in [3.63, 3.8) is 0 Å². The number of hydrogen-bond donors (Lipinski definition) is 1. The highest BCUT2D eigenvalue weighted by Gasteiger charge is 2.44. The van der Waals surface area contributed by atoms with Crippen LogP contribution in [0.25, 0.3) is 11.3 Å². The van der Waals surface area contributed by atoms with E-state index in [1.54, 1.807) is 7.11 Å². The molecular formula is C28H40N6O4. The number of carbonyl (C=O) groups excluding carboxylic acids is 1. The fourth-order valence-electron chi connectivity index (χ4n) is 6.10. The zero-order valence-corrected chi connectivity index (χ0v) is 22.9. The summed E-state index contributed by atoms with van der Waals surface area (Å²) in [7, 11) is 1.60. The van der Waals surface area contributed by atoms with E-state index in [9.17, 15) is 4.79 Å². The number of methoxy groups -OCH3 is 1. The highest BCUT2D eigenvalue weighted by molar-refractivity contribution is 5.74. The fraction of sp³-hybridized carbons (Fsp3) is 0.607. The number of hydrogen-bond acceptors (Lipinski definition) is 9. The Bertz CT molecular complexity index is 1120. The normalized spacial score (nSPS) is 22.5. The van der Waals surface area contributed by atoms with E-state index < -0.39 is 5.60 Å². The van der Waals surface area contributed by atoms with Crippen LogP contribution in [-0.4, -0.2) is 89.9 Å². The molecule has 5 rings (SSSR count). The Kier molecular flexibility index (Phi) is 7.63. The lowest BCUT2D eigenvalue weighted by Crippen LogP contribution is -2.59. The van der Waals surface area contributed by atoms with Gasteiger partial charge in [0.15, 0.2) is 12.6 Å². The van der Waals surface area contributed by atoms with Gasteiger partial charge in [-0.3, -0.25) is 4.90 Å². The first-order valence-corrected chi connectivity index (χ1v) is 13.6. The van der Waals surface area contributed by atoms with Gasteiger partial charge in [-0.1, -0.05) is 12.1 Å². The molecule has 10 nitrogen and oxygen atoms in total. The maximum Gasteiger partial charge on any atom is 0.410 e. The molecule has 3 aliphatic rings. The lowest BCUT2D eigenvalue weighted by atomic mass is 9.99. The molecule has 10 heteroatoms. The van der Waals surface area contributed by atoms with E-state index in [2.05, 4.69) is 20.0 Å². The monoisotopic (exact) mass is 524 g/mol. The van der Waals surface area contributed by atoms with Gasteiger partial charge in [0.1, 0.15) is 11.4 Å². The van der Waals surface area contributed by atoms with Gasteiger partial charge < -0.3 is 29.7 Å². The minimum Gasteiger partial charge on any atom is -0.467 e. The largest absolute Gasteiger partial charge is 0.467 e.